The predicted molar refractivity (Wildman–Crippen MR) is 86.2 cm³/mol. The maximum atomic E-state index is 13.2. The number of carbonyl (C=O) groups is 1. The minimum absolute atomic E-state index is 0.121. The van der Waals surface area contributed by atoms with Crippen molar-refractivity contribution in [2.45, 2.75) is 45.3 Å². The van der Waals surface area contributed by atoms with E-state index in [4.69, 9.17) is 9.26 Å². The van der Waals surface area contributed by atoms with Crippen LogP contribution in [-0.4, -0.2) is 23.8 Å². The normalized spacial score (nSPS) is 18.5. The third kappa shape index (κ3) is 3.33. The van der Waals surface area contributed by atoms with Crippen molar-refractivity contribution in [2.75, 3.05) is 6.61 Å². The standard InChI is InChI=1S/C18H21FN2O3/c1-3-14-16(11(2)24-21-14)18(22)20-17(15-5-4-10-23-15)12-6-8-13(19)9-7-12/h6-9,15,17H,3-5,10H2,1-2H3,(H,20,22)/t15-,17-/m0/s1. The highest BCUT2D eigenvalue weighted by molar-refractivity contribution is 5.96. The van der Waals surface area contributed by atoms with Crippen LogP contribution in [0.15, 0.2) is 28.8 Å². The lowest BCUT2D eigenvalue weighted by molar-refractivity contribution is 0.0671. The zero-order chi connectivity index (χ0) is 17.1. The lowest BCUT2D eigenvalue weighted by Crippen LogP contribution is -2.36. The first-order chi connectivity index (χ1) is 11.6. The van der Waals surface area contributed by atoms with Gasteiger partial charge < -0.3 is 14.6 Å². The molecule has 1 N–H and O–H groups in total. The zero-order valence-corrected chi connectivity index (χ0v) is 13.8. The second kappa shape index (κ2) is 7.13. The summed E-state index contributed by atoms with van der Waals surface area (Å²) < 4.78 is 24.1. The number of carbonyl (C=O) groups excluding carboxylic acids is 1. The fourth-order valence-electron chi connectivity index (χ4n) is 3.09. The average Bonchev–Trinajstić information content (AvgIpc) is 3.23. The van der Waals surface area contributed by atoms with Gasteiger partial charge in [-0.15, -0.1) is 0 Å². The molecule has 1 amide bonds. The van der Waals surface area contributed by atoms with Gasteiger partial charge in [-0.25, -0.2) is 4.39 Å². The molecule has 3 rings (SSSR count). The second-order valence-corrected chi connectivity index (χ2v) is 5.97. The Balaban J connectivity index is 1.87. The maximum Gasteiger partial charge on any atom is 0.257 e. The lowest BCUT2D eigenvalue weighted by Gasteiger charge is -2.24. The van der Waals surface area contributed by atoms with E-state index in [2.05, 4.69) is 10.5 Å². The molecule has 1 aliphatic rings. The minimum Gasteiger partial charge on any atom is -0.376 e. The molecule has 2 atom stereocenters. The molecule has 24 heavy (non-hydrogen) atoms. The summed E-state index contributed by atoms with van der Waals surface area (Å²) in [7, 11) is 0. The third-order valence-corrected chi connectivity index (χ3v) is 4.35. The molecule has 1 aliphatic heterocycles. The summed E-state index contributed by atoms with van der Waals surface area (Å²) in [6.07, 6.45) is 2.29. The van der Waals surface area contributed by atoms with Crippen molar-refractivity contribution in [1.29, 1.82) is 0 Å². The summed E-state index contributed by atoms with van der Waals surface area (Å²) in [5.41, 5.74) is 1.93. The molecule has 0 aliphatic carbocycles. The Morgan fingerprint density at radius 1 is 1.42 bits per heavy atom. The number of nitrogens with one attached hydrogen (secondary N) is 1. The number of nitrogens with zero attached hydrogens (tertiary/aromatic N) is 1. The van der Waals surface area contributed by atoms with Crippen LogP contribution in [-0.2, 0) is 11.2 Å². The topological polar surface area (TPSA) is 64.4 Å². The van der Waals surface area contributed by atoms with Gasteiger partial charge in [-0.05, 0) is 43.9 Å². The van der Waals surface area contributed by atoms with Gasteiger partial charge in [0.05, 0.1) is 17.8 Å². The van der Waals surface area contributed by atoms with Gasteiger partial charge in [0.15, 0.2) is 0 Å². The van der Waals surface area contributed by atoms with Crippen LogP contribution < -0.4 is 5.32 Å². The molecule has 0 bridgehead atoms. The fraction of sp³-hybridized carbons (Fsp3) is 0.444. The van der Waals surface area contributed by atoms with Gasteiger partial charge in [0.2, 0.25) is 0 Å². The third-order valence-electron chi connectivity index (χ3n) is 4.35. The van der Waals surface area contributed by atoms with Crippen LogP contribution >= 0.6 is 0 Å². The summed E-state index contributed by atoms with van der Waals surface area (Å²) in [6.45, 7) is 4.32. The van der Waals surface area contributed by atoms with E-state index in [-0.39, 0.29) is 23.9 Å². The Bertz CT molecular complexity index is 706. The van der Waals surface area contributed by atoms with Gasteiger partial charge in [0.1, 0.15) is 17.1 Å². The molecule has 0 spiro atoms. The molecular formula is C18H21FN2O3. The first-order valence-corrected chi connectivity index (χ1v) is 8.23. The number of aromatic nitrogens is 1. The van der Waals surface area contributed by atoms with Crippen molar-refractivity contribution in [2.24, 2.45) is 0 Å². The van der Waals surface area contributed by atoms with Crippen LogP contribution in [0.3, 0.4) is 0 Å². The highest BCUT2D eigenvalue weighted by atomic mass is 19.1. The van der Waals surface area contributed by atoms with E-state index in [1.54, 1.807) is 19.1 Å². The first kappa shape index (κ1) is 16.6. The maximum absolute atomic E-state index is 13.2. The summed E-state index contributed by atoms with van der Waals surface area (Å²) in [5, 5.41) is 6.95. The van der Waals surface area contributed by atoms with Crippen LogP contribution in [0.5, 0.6) is 0 Å². The molecule has 1 aromatic heterocycles. The molecule has 2 aromatic rings. The number of benzene rings is 1. The molecule has 128 valence electrons. The first-order valence-electron chi connectivity index (χ1n) is 8.23. The van der Waals surface area contributed by atoms with E-state index < -0.39 is 0 Å². The minimum atomic E-state index is -0.334. The van der Waals surface area contributed by atoms with Gasteiger partial charge in [0.25, 0.3) is 5.91 Å². The molecule has 1 fully saturated rings. The number of halogens is 1. The molecule has 0 saturated carbocycles. The van der Waals surface area contributed by atoms with Gasteiger partial charge in [-0.2, -0.15) is 0 Å². The van der Waals surface area contributed by atoms with Crippen molar-refractivity contribution in [3.05, 3.63) is 52.7 Å². The zero-order valence-electron chi connectivity index (χ0n) is 13.8. The van der Waals surface area contributed by atoms with Gasteiger partial charge in [-0.1, -0.05) is 24.2 Å². The molecule has 6 heteroatoms. The summed E-state index contributed by atoms with van der Waals surface area (Å²) >= 11 is 0. The van der Waals surface area contributed by atoms with Crippen LogP contribution in [0.1, 0.15) is 53.2 Å². The van der Waals surface area contributed by atoms with E-state index in [0.717, 1.165) is 18.4 Å². The van der Waals surface area contributed by atoms with Gasteiger partial charge in [0, 0.05) is 6.61 Å². The lowest BCUT2D eigenvalue weighted by atomic mass is 9.98. The quantitative estimate of drug-likeness (QED) is 0.912. The molecule has 0 unspecified atom stereocenters. The molecule has 1 aromatic carbocycles. The highest BCUT2D eigenvalue weighted by Crippen LogP contribution is 2.28. The van der Waals surface area contributed by atoms with Crippen LogP contribution in [0, 0.1) is 12.7 Å². The average molecular weight is 332 g/mol. The molecule has 0 radical (unpaired) electrons. The van der Waals surface area contributed by atoms with E-state index in [0.29, 0.717) is 30.0 Å². The molecule has 5 nitrogen and oxygen atoms in total. The molecule has 2 heterocycles. The summed E-state index contributed by atoms with van der Waals surface area (Å²) in [6, 6.07) is 5.82. The highest BCUT2D eigenvalue weighted by Gasteiger charge is 2.30. The second-order valence-electron chi connectivity index (χ2n) is 5.97. The Labute approximate surface area is 140 Å². The van der Waals surface area contributed by atoms with Crippen molar-refractivity contribution in [3.63, 3.8) is 0 Å². The Hall–Kier alpha value is -2.21. The summed E-state index contributed by atoms with van der Waals surface area (Å²) in [4.78, 5) is 12.8. The fourth-order valence-corrected chi connectivity index (χ4v) is 3.09. The van der Waals surface area contributed by atoms with E-state index in [1.807, 2.05) is 6.92 Å². The van der Waals surface area contributed by atoms with Crippen molar-refractivity contribution < 1.29 is 18.4 Å². The molecule has 1 saturated heterocycles. The number of ether oxygens (including phenoxy) is 1. The van der Waals surface area contributed by atoms with Crippen LogP contribution in [0.4, 0.5) is 4.39 Å². The smallest absolute Gasteiger partial charge is 0.257 e. The summed E-state index contributed by atoms with van der Waals surface area (Å²) in [5.74, 6) is -0.0516. The number of hydrogen-bond acceptors (Lipinski definition) is 4. The van der Waals surface area contributed by atoms with Crippen molar-refractivity contribution >= 4 is 5.91 Å². The molecular weight excluding hydrogens is 311 g/mol. The van der Waals surface area contributed by atoms with Crippen LogP contribution in [0.25, 0.3) is 0 Å². The van der Waals surface area contributed by atoms with E-state index >= 15 is 0 Å². The monoisotopic (exact) mass is 332 g/mol. The number of hydrogen-bond donors (Lipinski definition) is 1. The van der Waals surface area contributed by atoms with Gasteiger partial charge in [-0.3, -0.25) is 4.79 Å². The number of rotatable bonds is 5. The van der Waals surface area contributed by atoms with Crippen molar-refractivity contribution in [1.82, 2.24) is 10.5 Å². The number of amides is 1. The number of aryl methyl sites for hydroxylation is 2. The Morgan fingerprint density at radius 2 is 2.17 bits per heavy atom. The van der Waals surface area contributed by atoms with E-state index in [9.17, 15) is 9.18 Å². The predicted octanol–water partition coefficient (Wildman–Crippen LogP) is 3.33. The largest absolute Gasteiger partial charge is 0.376 e. The Kier molecular flexibility index (Phi) is 4.94. The van der Waals surface area contributed by atoms with Crippen LogP contribution in [0.2, 0.25) is 0 Å². The SMILES string of the molecule is CCc1noc(C)c1C(=O)N[C@@H](c1ccc(F)cc1)[C@@H]1CCCO1. The van der Waals surface area contributed by atoms with Crippen molar-refractivity contribution in [3.8, 4) is 0 Å². The van der Waals surface area contributed by atoms with Gasteiger partial charge >= 0.3 is 0 Å². The Morgan fingerprint density at radius 3 is 2.79 bits per heavy atom. The van der Waals surface area contributed by atoms with E-state index in [1.165, 1.54) is 12.1 Å².